The van der Waals surface area contributed by atoms with Gasteiger partial charge in [0.1, 0.15) is 10.8 Å². The van der Waals surface area contributed by atoms with Crippen LogP contribution in [0.2, 0.25) is 0 Å². The van der Waals surface area contributed by atoms with Crippen LogP contribution < -0.4 is 10.1 Å². The molecule has 0 fully saturated rings. The van der Waals surface area contributed by atoms with Gasteiger partial charge >= 0.3 is 0 Å². The molecule has 0 saturated carbocycles. The summed E-state index contributed by atoms with van der Waals surface area (Å²) in [6.07, 6.45) is 1.14. The van der Waals surface area contributed by atoms with Crippen LogP contribution in [0.4, 0.5) is 0 Å². The maximum Gasteiger partial charge on any atom is 0.125 e. The van der Waals surface area contributed by atoms with Crippen molar-refractivity contribution in [2.45, 2.75) is 33.2 Å². The standard InChI is InChI=1S/C16H21BrN2OS/c1-5-8-18-10(2)15-11(3)19-16(21-15)13-9-12(20-4)6-7-14(13)17/h6-7,9-10,18H,5,8H2,1-4H3. The minimum Gasteiger partial charge on any atom is -0.497 e. The molecule has 2 rings (SSSR count). The summed E-state index contributed by atoms with van der Waals surface area (Å²) in [4.78, 5) is 6.04. The number of aromatic nitrogens is 1. The van der Waals surface area contributed by atoms with E-state index in [1.165, 1.54) is 4.88 Å². The summed E-state index contributed by atoms with van der Waals surface area (Å²) in [5, 5.41) is 4.55. The topological polar surface area (TPSA) is 34.1 Å². The van der Waals surface area contributed by atoms with Gasteiger partial charge in [-0.15, -0.1) is 11.3 Å². The third-order valence-corrected chi connectivity index (χ3v) is 5.40. The van der Waals surface area contributed by atoms with Crippen molar-refractivity contribution >= 4 is 27.3 Å². The summed E-state index contributed by atoms with van der Waals surface area (Å²) >= 11 is 5.35. The monoisotopic (exact) mass is 368 g/mol. The molecular weight excluding hydrogens is 348 g/mol. The van der Waals surface area contributed by atoms with E-state index in [2.05, 4.69) is 42.0 Å². The molecule has 0 aliphatic rings. The lowest BCUT2D eigenvalue weighted by atomic mass is 10.2. The third kappa shape index (κ3) is 3.84. The van der Waals surface area contributed by atoms with Gasteiger partial charge in [0.15, 0.2) is 0 Å². The minimum absolute atomic E-state index is 0.334. The first kappa shape index (κ1) is 16.5. The summed E-state index contributed by atoms with van der Waals surface area (Å²) in [5.41, 5.74) is 2.18. The van der Waals surface area contributed by atoms with Gasteiger partial charge in [-0.3, -0.25) is 0 Å². The molecule has 0 aliphatic heterocycles. The third-order valence-electron chi connectivity index (χ3n) is 3.33. The van der Waals surface area contributed by atoms with Crippen molar-refractivity contribution in [2.24, 2.45) is 0 Å². The van der Waals surface area contributed by atoms with Gasteiger partial charge in [-0.2, -0.15) is 0 Å². The van der Waals surface area contributed by atoms with E-state index in [0.29, 0.717) is 6.04 Å². The molecule has 0 saturated heterocycles. The zero-order valence-corrected chi connectivity index (χ0v) is 15.3. The molecule has 1 aromatic heterocycles. The van der Waals surface area contributed by atoms with Crippen LogP contribution in [-0.2, 0) is 0 Å². The maximum atomic E-state index is 5.31. The van der Waals surface area contributed by atoms with Crippen molar-refractivity contribution in [1.29, 1.82) is 0 Å². The highest BCUT2D eigenvalue weighted by molar-refractivity contribution is 9.10. The van der Waals surface area contributed by atoms with Gasteiger partial charge in [0.05, 0.1) is 12.8 Å². The molecule has 0 amide bonds. The van der Waals surface area contributed by atoms with Crippen LogP contribution in [0, 0.1) is 6.92 Å². The molecule has 0 bridgehead atoms. The summed E-state index contributed by atoms with van der Waals surface area (Å²) in [5.74, 6) is 0.847. The van der Waals surface area contributed by atoms with Crippen molar-refractivity contribution in [2.75, 3.05) is 13.7 Å². The molecule has 5 heteroatoms. The van der Waals surface area contributed by atoms with Crippen LogP contribution in [0.3, 0.4) is 0 Å². The largest absolute Gasteiger partial charge is 0.497 e. The van der Waals surface area contributed by atoms with Crippen LogP contribution in [0.5, 0.6) is 5.75 Å². The number of ether oxygens (including phenoxy) is 1. The smallest absolute Gasteiger partial charge is 0.125 e. The second-order valence-corrected chi connectivity index (χ2v) is 6.88. The number of methoxy groups -OCH3 is 1. The Kier molecular flexibility index (Phi) is 5.79. The molecule has 0 radical (unpaired) electrons. The SMILES string of the molecule is CCCNC(C)c1sc(-c2cc(OC)ccc2Br)nc1C. The van der Waals surface area contributed by atoms with Gasteiger partial charge in [-0.1, -0.05) is 22.9 Å². The molecule has 1 heterocycles. The van der Waals surface area contributed by atoms with Crippen molar-refractivity contribution < 1.29 is 4.74 Å². The number of nitrogens with one attached hydrogen (secondary N) is 1. The van der Waals surface area contributed by atoms with Crippen molar-refractivity contribution in [3.8, 4) is 16.3 Å². The second-order valence-electron chi connectivity index (χ2n) is 4.99. The molecule has 1 unspecified atom stereocenters. The Bertz CT molecular complexity index is 612. The zero-order chi connectivity index (χ0) is 15.4. The Labute approximate surface area is 138 Å². The van der Waals surface area contributed by atoms with Gasteiger partial charge in [-0.25, -0.2) is 4.98 Å². The number of hydrogen-bond donors (Lipinski definition) is 1. The zero-order valence-electron chi connectivity index (χ0n) is 12.9. The Balaban J connectivity index is 2.34. The quantitative estimate of drug-likeness (QED) is 0.782. The van der Waals surface area contributed by atoms with Gasteiger partial charge in [-0.05, 0) is 45.0 Å². The van der Waals surface area contributed by atoms with E-state index in [9.17, 15) is 0 Å². The number of aryl methyl sites for hydroxylation is 1. The van der Waals surface area contributed by atoms with E-state index < -0.39 is 0 Å². The molecule has 3 nitrogen and oxygen atoms in total. The number of nitrogens with zero attached hydrogens (tertiary/aromatic N) is 1. The lowest BCUT2D eigenvalue weighted by Gasteiger charge is -2.11. The van der Waals surface area contributed by atoms with Crippen LogP contribution in [0.1, 0.15) is 36.9 Å². The van der Waals surface area contributed by atoms with E-state index in [1.54, 1.807) is 18.4 Å². The fourth-order valence-corrected chi connectivity index (χ4v) is 3.86. The summed E-state index contributed by atoms with van der Waals surface area (Å²) < 4.78 is 6.35. The molecule has 1 aromatic carbocycles. The van der Waals surface area contributed by atoms with Crippen molar-refractivity contribution in [3.05, 3.63) is 33.2 Å². The second kappa shape index (κ2) is 7.38. The lowest BCUT2D eigenvalue weighted by Crippen LogP contribution is -2.18. The average molecular weight is 369 g/mol. The van der Waals surface area contributed by atoms with Gasteiger partial charge in [0.25, 0.3) is 0 Å². The predicted octanol–water partition coefficient (Wildman–Crippen LogP) is 4.95. The van der Waals surface area contributed by atoms with Crippen LogP contribution >= 0.6 is 27.3 Å². The first-order valence-electron chi connectivity index (χ1n) is 7.11. The number of benzene rings is 1. The first-order valence-corrected chi connectivity index (χ1v) is 8.72. The van der Waals surface area contributed by atoms with Gasteiger partial charge in [0.2, 0.25) is 0 Å². The van der Waals surface area contributed by atoms with Crippen LogP contribution in [0.15, 0.2) is 22.7 Å². The molecule has 1 atom stereocenters. The van der Waals surface area contributed by atoms with Gasteiger partial charge < -0.3 is 10.1 Å². The van der Waals surface area contributed by atoms with Gasteiger partial charge in [0, 0.05) is 21.0 Å². The number of thiazole rings is 1. The average Bonchev–Trinajstić information content (AvgIpc) is 2.87. The fraction of sp³-hybridized carbons (Fsp3) is 0.438. The van der Waals surface area contributed by atoms with Crippen LogP contribution in [-0.4, -0.2) is 18.6 Å². The molecule has 21 heavy (non-hydrogen) atoms. The Morgan fingerprint density at radius 3 is 2.86 bits per heavy atom. The highest BCUT2D eigenvalue weighted by Crippen LogP contribution is 2.37. The summed E-state index contributed by atoms with van der Waals surface area (Å²) in [7, 11) is 1.68. The van der Waals surface area contributed by atoms with E-state index in [-0.39, 0.29) is 0 Å². The molecule has 0 spiro atoms. The molecule has 1 N–H and O–H groups in total. The summed E-state index contributed by atoms with van der Waals surface area (Å²) in [6, 6.07) is 6.31. The predicted molar refractivity (Wildman–Crippen MR) is 93.2 cm³/mol. The Hall–Kier alpha value is -0.910. The number of hydrogen-bond acceptors (Lipinski definition) is 4. The highest BCUT2D eigenvalue weighted by atomic mass is 79.9. The van der Waals surface area contributed by atoms with E-state index >= 15 is 0 Å². The van der Waals surface area contributed by atoms with E-state index in [0.717, 1.165) is 39.5 Å². The fourth-order valence-electron chi connectivity index (χ4n) is 2.17. The number of halogens is 1. The summed E-state index contributed by atoms with van der Waals surface area (Å²) in [6.45, 7) is 7.48. The van der Waals surface area contributed by atoms with E-state index in [1.807, 2.05) is 18.2 Å². The Morgan fingerprint density at radius 1 is 1.43 bits per heavy atom. The van der Waals surface area contributed by atoms with E-state index in [4.69, 9.17) is 9.72 Å². The van der Waals surface area contributed by atoms with Crippen molar-refractivity contribution in [1.82, 2.24) is 10.3 Å². The molecular formula is C16H21BrN2OS. The molecule has 114 valence electrons. The van der Waals surface area contributed by atoms with Crippen LogP contribution in [0.25, 0.3) is 10.6 Å². The number of rotatable bonds is 6. The molecule has 0 aliphatic carbocycles. The lowest BCUT2D eigenvalue weighted by molar-refractivity contribution is 0.415. The highest BCUT2D eigenvalue weighted by Gasteiger charge is 2.16. The molecule has 2 aromatic rings. The normalized spacial score (nSPS) is 12.4. The first-order chi connectivity index (χ1) is 10.1. The minimum atomic E-state index is 0.334. The Morgan fingerprint density at radius 2 is 2.19 bits per heavy atom. The maximum absolute atomic E-state index is 5.31. The van der Waals surface area contributed by atoms with Crippen molar-refractivity contribution in [3.63, 3.8) is 0 Å².